The van der Waals surface area contributed by atoms with Crippen molar-refractivity contribution < 1.29 is 23.0 Å². The Bertz CT molecular complexity index is 1040. The molecule has 1 amide bonds. The molecule has 1 aromatic heterocycles. The number of H-pyrrole nitrogens is 1. The number of carbonyl (C=O) groups excluding carboxylic acids is 1. The first-order valence-electron chi connectivity index (χ1n) is 9.00. The lowest BCUT2D eigenvalue weighted by Crippen LogP contribution is -2.38. The van der Waals surface area contributed by atoms with E-state index < -0.39 is 23.3 Å². The van der Waals surface area contributed by atoms with E-state index in [0.717, 1.165) is 29.1 Å². The molecule has 0 fully saturated rings. The molecule has 1 N–H and O–H groups in total. The summed E-state index contributed by atoms with van der Waals surface area (Å²) in [4.78, 5) is 22.1. The molecule has 2 heterocycles. The number of methoxy groups -OCH3 is 2. The van der Waals surface area contributed by atoms with Crippen molar-refractivity contribution in [3.05, 3.63) is 76.9 Å². The van der Waals surface area contributed by atoms with Crippen molar-refractivity contribution in [2.75, 3.05) is 20.8 Å². The third-order valence-electron chi connectivity index (χ3n) is 5.07. The molecule has 0 aliphatic carbocycles. The lowest BCUT2D eigenvalue weighted by Gasteiger charge is -2.32. The summed E-state index contributed by atoms with van der Waals surface area (Å²) in [6.07, 6.45) is 1.58. The van der Waals surface area contributed by atoms with Gasteiger partial charge in [-0.25, -0.2) is 13.8 Å². The minimum atomic E-state index is -0.917. The van der Waals surface area contributed by atoms with Crippen LogP contribution in [0.4, 0.5) is 8.78 Å². The zero-order valence-electron chi connectivity index (χ0n) is 15.9. The molecule has 0 spiro atoms. The number of aromatic nitrogens is 2. The van der Waals surface area contributed by atoms with Crippen LogP contribution in [0.5, 0.6) is 11.5 Å². The summed E-state index contributed by atoms with van der Waals surface area (Å²) in [5, 5.41) is 0. The molecule has 1 aliphatic heterocycles. The van der Waals surface area contributed by atoms with Crippen molar-refractivity contribution in [1.29, 1.82) is 0 Å². The van der Waals surface area contributed by atoms with Crippen molar-refractivity contribution in [2.24, 2.45) is 0 Å². The molecule has 0 saturated heterocycles. The van der Waals surface area contributed by atoms with E-state index in [1.165, 1.54) is 7.11 Å². The molecule has 0 bridgehead atoms. The minimum absolute atomic E-state index is 0.0758. The Kier molecular flexibility index (Phi) is 4.92. The van der Waals surface area contributed by atoms with Crippen LogP contribution in [0, 0.1) is 11.6 Å². The number of rotatable bonds is 4. The fourth-order valence-electron chi connectivity index (χ4n) is 3.66. The molecule has 8 heteroatoms. The zero-order valence-corrected chi connectivity index (χ0v) is 15.9. The maximum absolute atomic E-state index is 14.1. The predicted octanol–water partition coefficient (Wildman–Crippen LogP) is 3.49. The number of nitrogens with one attached hydrogen (secondary N) is 1. The van der Waals surface area contributed by atoms with Gasteiger partial charge in [0.05, 0.1) is 38.5 Å². The highest BCUT2D eigenvalue weighted by atomic mass is 19.1. The Morgan fingerprint density at radius 1 is 1.17 bits per heavy atom. The second kappa shape index (κ2) is 7.54. The molecule has 1 aliphatic rings. The Morgan fingerprint density at radius 3 is 2.62 bits per heavy atom. The van der Waals surface area contributed by atoms with Gasteiger partial charge >= 0.3 is 0 Å². The van der Waals surface area contributed by atoms with Crippen LogP contribution in [0.15, 0.2) is 42.7 Å². The SMILES string of the molecule is COc1cccc(C2CN(C(=O)c3cc(F)c(OC)c(F)c3)Cc3[nH]cnc32)c1. The highest BCUT2D eigenvalue weighted by Gasteiger charge is 2.32. The Hall–Kier alpha value is -3.42. The third-order valence-corrected chi connectivity index (χ3v) is 5.07. The van der Waals surface area contributed by atoms with Crippen LogP contribution < -0.4 is 9.47 Å². The number of benzene rings is 2. The van der Waals surface area contributed by atoms with Gasteiger partial charge in [-0.15, -0.1) is 0 Å². The first-order valence-corrected chi connectivity index (χ1v) is 9.00. The number of ether oxygens (including phenoxy) is 2. The van der Waals surface area contributed by atoms with Gasteiger partial charge < -0.3 is 19.4 Å². The van der Waals surface area contributed by atoms with E-state index in [-0.39, 0.29) is 18.0 Å². The molecular formula is C21H19F2N3O3. The van der Waals surface area contributed by atoms with Crippen LogP contribution >= 0.6 is 0 Å². The fourth-order valence-corrected chi connectivity index (χ4v) is 3.66. The second-order valence-corrected chi connectivity index (χ2v) is 6.75. The largest absolute Gasteiger partial charge is 0.497 e. The van der Waals surface area contributed by atoms with Crippen molar-refractivity contribution >= 4 is 5.91 Å². The monoisotopic (exact) mass is 399 g/mol. The number of fused-ring (bicyclic) bond motifs is 1. The summed E-state index contributed by atoms with van der Waals surface area (Å²) >= 11 is 0. The van der Waals surface area contributed by atoms with Gasteiger partial charge in [-0.1, -0.05) is 12.1 Å². The summed E-state index contributed by atoms with van der Waals surface area (Å²) in [5.41, 5.74) is 2.48. The van der Waals surface area contributed by atoms with E-state index >= 15 is 0 Å². The standard InChI is InChI=1S/C21H19F2N3O3/c1-28-14-5-3-4-12(6-14)15-9-26(10-18-19(15)25-11-24-18)21(27)13-7-16(22)20(29-2)17(23)8-13/h3-8,11,15H,9-10H2,1-2H3,(H,24,25). The van der Waals surface area contributed by atoms with Crippen molar-refractivity contribution in [3.8, 4) is 11.5 Å². The van der Waals surface area contributed by atoms with Crippen molar-refractivity contribution in [2.45, 2.75) is 12.5 Å². The smallest absolute Gasteiger partial charge is 0.254 e. The summed E-state index contributed by atoms with van der Waals surface area (Å²) in [6, 6.07) is 9.52. The number of carbonyl (C=O) groups is 1. The third kappa shape index (κ3) is 3.41. The predicted molar refractivity (Wildman–Crippen MR) is 101 cm³/mol. The molecule has 3 aromatic rings. The Labute approximate surface area is 166 Å². The molecule has 0 radical (unpaired) electrons. The molecule has 6 nitrogen and oxygen atoms in total. The summed E-state index contributed by atoms with van der Waals surface area (Å²) in [5.74, 6) is -2.32. The Morgan fingerprint density at radius 2 is 1.93 bits per heavy atom. The molecule has 4 rings (SSSR count). The minimum Gasteiger partial charge on any atom is -0.497 e. The number of hydrogen-bond donors (Lipinski definition) is 1. The highest BCUT2D eigenvalue weighted by Crippen LogP contribution is 2.34. The van der Waals surface area contributed by atoms with Crippen LogP contribution in [-0.2, 0) is 6.54 Å². The lowest BCUT2D eigenvalue weighted by molar-refractivity contribution is 0.0720. The van der Waals surface area contributed by atoms with Gasteiger partial charge in [0.15, 0.2) is 17.4 Å². The average molecular weight is 399 g/mol. The zero-order chi connectivity index (χ0) is 20.5. The topological polar surface area (TPSA) is 67.4 Å². The average Bonchev–Trinajstić information content (AvgIpc) is 3.21. The molecule has 2 aromatic carbocycles. The first-order chi connectivity index (χ1) is 14.0. The van der Waals surface area contributed by atoms with E-state index in [4.69, 9.17) is 4.74 Å². The van der Waals surface area contributed by atoms with Crippen LogP contribution in [0.25, 0.3) is 0 Å². The maximum atomic E-state index is 14.1. The van der Waals surface area contributed by atoms with Crippen LogP contribution in [0.2, 0.25) is 0 Å². The van der Waals surface area contributed by atoms with Crippen molar-refractivity contribution in [1.82, 2.24) is 14.9 Å². The van der Waals surface area contributed by atoms with Gasteiger partial charge in [0.1, 0.15) is 5.75 Å². The normalized spacial score (nSPS) is 15.7. The van der Waals surface area contributed by atoms with Gasteiger partial charge in [0, 0.05) is 18.0 Å². The number of nitrogens with zero attached hydrogens (tertiary/aromatic N) is 2. The van der Waals surface area contributed by atoms with Gasteiger partial charge in [-0.3, -0.25) is 4.79 Å². The maximum Gasteiger partial charge on any atom is 0.254 e. The van der Waals surface area contributed by atoms with E-state index in [1.54, 1.807) is 18.3 Å². The quantitative estimate of drug-likeness (QED) is 0.729. The highest BCUT2D eigenvalue weighted by molar-refractivity contribution is 5.94. The number of halogens is 2. The van der Waals surface area contributed by atoms with E-state index in [1.807, 2.05) is 24.3 Å². The first kappa shape index (κ1) is 18.9. The van der Waals surface area contributed by atoms with E-state index in [9.17, 15) is 13.6 Å². The summed E-state index contributed by atoms with van der Waals surface area (Å²) in [7, 11) is 2.76. The molecule has 0 saturated carbocycles. The van der Waals surface area contributed by atoms with Crippen LogP contribution in [-0.4, -0.2) is 41.5 Å². The van der Waals surface area contributed by atoms with Gasteiger partial charge in [-0.2, -0.15) is 0 Å². The molecule has 29 heavy (non-hydrogen) atoms. The van der Waals surface area contributed by atoms with Crippen LogP contribution in [0.3, 0.4) is 0 Å². The second-order valence-electron chi connectivity index (χ2n) is 6.75. The fraction of sp³-hybridized carbons (Fsp3) is 0.238. The van der Waals surface area contributed by atoms with E-state index in [2.05, 4.69) is 14.7 Å². The summed E-state index contributed by atoms with van der Waals surface area (Å²) < 4.78 is 38.2. The van der Waals surface area contributed by atoms with Crippen LogP contribution in [0.1, 0.15) is 33.2 Å². The molecule has 1 atom stereocenters. The lowest BCUT2D eigenvalue weighted by atomic mass is 9.90. The molecule has 1 unspecified atom stereocenters. The number of aromatic amines is 1. The molecule has 150 valence electrons. The van der Waals surface area contributed by atoms with E-state index in [0.29, 0.717) is 12.3 Å². The Balaban J connectivity index is 1.68. The number of hydrogen-bond acceptors (Lipinski definition) is 4. The van der Waals surface area contributed by atoms with Gasteiger partial charge in [0.25, 0.3) is 5.91 Å². The number of amides is 1. The summed E-state index contributed by atoms with van der Waals surface area (Å²) in [6.45, 7) is 0.586. The number of imidazole rings is 1. The van der Waals surface area contributed by atoms with Gasteiger partial charge in [-0.05, 0) is 29.8 Å². The van der Waals surface area contributed by atoms with Gasteiger partial charge in [0.2, 0.25) is 0 Å². The molecular weight excluding hydrogens is 380 g/mol. The van der Waals surface area contributed by atoms with Crippen molar-refractivity contribution in [3.63, 3.8) is 0 Å².